The van der Waals surface area contributed by atoms with Gasteiger partial charge in [-0.3, -0.25) is 4.79 Å². The molecule has 2 aliphatic rings. The van der Waals surface area contributed by atoms with Crippen molar-refractivity contribution in [2.24, 2.45) is 0 Å². The minimum atomic E-state index is -0.109. The van der Waals surface area contributed by atoms with Gasteiger partial charge in [0.2, 0.25) is 6.79 Å². The number of carbonyl (C=O) groups is 1. The van der Waals surface area contributed by atoms with Gasteiger partial charge in [-0.05, 0) is 44.0 Å². The lowest BCUT2D eigenvalue weighted by atomic mass is 10.1. The van der Waals surface area contributed by atoms with Crippen LogP contribution in [-0.2, 0) is 0 Å². The number of hydrogen-bond donors (Lipinski definition) is 1. The molecule has 8 heteroatoms. The van der Waals surface area contributed by atoms with E-state index < -0.39 is 0 Å². The molecule has 0 spiro atoms. The molecule has 1 saturated carbocycles. The Balaban J connectivity index is 1.54. The van der Waals surface area contributed by atoms with Crippen LogP contribution in [-0.4, -0.2) is 39.0 Å². The summed E-state index contributed by atoms with van der Waals surface area (Å²) in [5.74, 6) is 2.09. The van der Waals surface area contributed by atoms with Gasteiger partial charge in [0, 0.05) is 24.2 Å². The third-order valence-electron chi connectivity index (χ3n) is 4.85. The molecule has 3 heterocycles. The smallest absolute Gasteiger partial charge is 0.254 e. The number of rotatable bonds is 5. The van der Waals surface area contributed by atoms with Gasteiger partial charge in [-0.25, -0.2) is 14.6 Å². The average molecular weight is 377 g/mol. The topological polar surface area (TPSA) is 91.2 Å². The monoisotopic (exact) mass is 377 g/mol. The van der Waals surface area contributed by atoms with Crippen LogP contribution in [0.4, 0.5) is 0 Å². The fraction of sp³-hybridized carbons (Fsp3) is 0.300. The highest BCUT2D eigenvalue weighted by atomic mass is 16.7. The summed E-state index contributed by atoms with van der Waals surface area (Å²) < 4.78 is 12.5. The van der Waals surface area contributed by atoms with Crippen LogP contribution in [0.2, 0.25) is 0 Å². The highest BCUT2D eigenvalue weighted by Crippen LogP contribution is 2.42. The summed E-state index contributed by atoms with van der Waals surface area (Å²) in [6.45, 7) is 2.70. The quantitative estimate of drug-likeness (QED) is 0.735. The second-order valence-electron chi connectivity index (χ2n) is 6.80. The van der Waals surface area contributed by atoms with Gasteiger partial charge in [0.15, 0.2) is 11.5 Å². The fourth-order valence-corrected chi connectivity index (χ4v) is 3.36. The maximum Gasteiger partial charge on any atom is 0.254 e. The first-order valence-corrected chi connectivity index (χ1v) is 9.34. The van der Waals surface area contributed by atoms with E-state index in [4.69, 9.17) is 9.47 Å². The van der Waals surface area contributed by atoms with E-state index in [1.165, 1.54) is 0 Å². The molecule has 1 fully saturated rings. The fourth-order valence-electron chi connectivity index (χ4n) is 3.36. The standard InChI is InChI=1S/C20H19N5O3/c1-2-21-19(26)14-10-23-25(18(14)12-3-4-12)20-22-8-7-15(24-20)13-5-6-16-17(9-13)28-11-27-16/h5-10,12H,2-4,11H2,1H3,(H,21,26). The molecule has 3 aromatic rings. The van der Waals surface area contributed by atoms with Crippen LogP contribution in [0.3, 0.4) is 0 Å². The number of ether oxygens (including phenoxy) is 2. The molecule has 5 rings (SSSR count). The molecule has 2 aromatic heterocycles. The summed E-state index contributed by atoms with van der Waals surface area (Å²) in [4.78, 5) is 21.5. The number of carbonyl (C=O) groups excluding carboxylic acids is 1. The van der Waals surface area contributed by atoms with E-state index in [9.17, 15) is 4.79 Å². The Bertz CT molecular complexity index is 1060. The van der Waals surface area contributed by atoms with E-state index in [1.54, 1.807) is 17.1 Å². The largest absolute Gasteiger partial charge is 0.454 e. The van der Waals surface area contributed by atoms with Crippen molar-refractivity contribution < 1.29 is 14.3 Å². The summed E-state index contributed by atoms with van der Waals surface area (Å²) in [5.41, 5.74) is 3.13. The summed E-state index contributed by atoms with van der Waals surface area (Å²) in [6.07, 6.45) is 5.39. The molecule has 28 heavy (non-hydrogen) atoms. The van der Waals surface area contributed by atoms with E-state index in [1.807, 2.05) is 31.2 Å². The summed E-state index contributed by atoms with van der Waals surface area (Å²) >= 11 is 0. The van der Waals surface area contributed by atoms with Gasteiger partial charge < -0.3 is 14.8 Å². The van der Waals surface area contributed by atoms with Crippen molar-refractivity contribution in [2.45, 2.75) is 25.7 Å². The predicted molar refractivity (Wildman–Crippen MR) is 101 cm³/mol. The first-order chi connectivity index (χ1) is 13.7. The molecule has 1 aliphatic heterocycles. The molecule has 142 valence electrons. The number of fused-ring (bicyclic) bond motifs is 1. The van der Waals surface area contributed by atoms with E-state index in [0.717, 1.165) is 35.5 Å². The van der Waals surface area contributed by atoms with E-state index in [-0.39, 0.29) is 12.7 Å². The van der Waals surface area contributed by atoms with Crippen molar-refractivity contribution in [3.05, 3.63) is 47.9 Å². The Morgan fingerprint density at radius 1 is 1.25 bits per heavy atom. The van der Waals surface area contributed by atoms with Crippen LogP contribution in [0.25, 0.3) is 17.2 Å². The van der Waals surface area contributed by atoms with Crippen LogP contribution in [0.15, 0.2) is 36.7 Å². The molecule has 1 N–H and O–H groups in total. The predicted octanol–water partition coefficient (Wildman–Crippen LogP) is 2.69. The first-order valence-electron chi connectivity index (χ1n) is 9.34. The highest BCUT2D eigenvalue weighted by molar-refractivity contribution is 5.95. The molecule has 1 amide bonds. The number of aromatic nitrogens is 4. The maximum atomic E-state index is 12.4. The minimum absolute atomic E-state index is 0.109. The van der Waals surface area contributed by atoms with Crippen LogP contribution in [0.1, 0.15) is 41.7 Å². The molecule has 1 aromatic carbocycles. The summed E-state index contributed by atoms with van der Waals surface area (Å²) in [5, 5.41) is 7.28. The molecule has 0 radical (unpaired) electrons. The van der Waals surface area contributed by atoms with E-state index in [2.05, 4.69) is 20.4 Å². The van der Waals surface area contributed by atoms with Crippen molar-refractivity contribution >= 4 is 5.91 Å². The maximum absolute atomic E-state index is 12.4. The normalized spacial score (nSPS) is 14.9. The third-order valence-corrected chi connectivity index (χ3v) is 4.85. The lowest BCUT2D eigenvalue weighted by Crippen LogP contribution is -2.23. The number of amides is 1. The molecular weight excluding hydrogens is 358 g/mol. The van der Waals surface area contributed by atoms with Gasteiger partial charge in [-0.2, -0.15) is 5.10 Å². The highest BCUT2D eigenvalue weighted by Gasteiger charge is 2.33. The van der Waals surface area contributed by atoms with Crippen molar-refractivity contribution in [1.82, 2.24) is 25.1 Å². The average Bonchev–Trinajstić information content (AvgIpc) is 3.28. The SMILES string of the molecule is CCNC(=O)c1cnn(-c2nccc(-c3ccc4c(c3)OCO4)n2)c1C1CC1. The minimum Gasteiger partial charge on any atom is -0.454 e. The Kier molecular flexibility index (Phi) is 3.96. The lowest BCUT2D eigenvalue weighted by molar-refractivity contribution is 0.0954. The van der Waals surface area contributed by atoms with Gasteiger partial charge >= 0.3 is 0 Å². The Morgan fingerprint density at radius 3 is 2.93 bits per heavy atom. The van der Waals surface area contributed by atoms with E-state index in [0.29, 0.717) is 29.7 Å². The summed E-state index contributed by atoms with van der Waals surface area (Å²) in [7, 11) is 0. The Hall–Kier alpha value is -3.42. The van der Waals surface area contributed by atoms with Gasteiger partial charge in [-0.1, -0.05) is 0 Å². The molecule has 8 nitrogen and oxygen atoms in total. The molecule has 0 unspecified atom stereocenters. The summed E-state index contributed by atoms with van der Waals surface area (Å²) in [6, 6.07) is 7.55. The van der Waals surface area contributed by atoms with Crippen LogP contribution >= 0.6 is 0 Å². The van der Waals surface area contributed by atoms with Crippen molar-refractivity contribution in [3.63, 3.8) is 0 Å². The number of nitrogens with zero attached hydrogens (tertiary/aromatic N) is 4. The zero-order valence-corrected chi connectivity index (χ0v) is 15.4. The molecule has 0 atom stereocenters. The zero-order valence-electron chi connectivity index (χ0n) is 15.4. The van der Waals surface area contributed by atoms with Gasteiger partial charge in [0.05, 0.1) is 23.1 Å². The van der Waals surface area contributed by atoms with Gasteiger partial charge in [0.1, 0.15) is 0 Å². The molecule has 1 aliphatic carbocycles. The van der Waals surface area contributed by atoms with Crippen molar-refractivity contribution in [3.8, 4) is 28.7 Å². The van der Waals surface area contributed by atoms with Crippen LogP contribution in [0.5, 0.6) is 11.5 Å². The first kappa shape index (κ1) is 16.7. The molecule has 0 saturated heterocycles. The third kappa shape index (κ3) is 2.87. The zero-order chi connectivity index (χ0) is 19.1. The Morgan fingerprint density at radius 2 is 2.11 bits per heavy atom. The number of hydrogen-bond acceptors (Lipinski definition) is 6. The molecular formula is C20H19N5O3. The number of nitrogens with one attached hydrogen (secondary N) is 1. The van der Waals surface area contributed by atoms with Crippen molar-refractivity contribution in [1.29, 1.82) is 0 Å². The molecule has 0 bridgehead atoms. The Labute approximate surface area is 161 Å². The number of benzene rings is 1. The van der Waals surface area contributed by atoms with Gasteiger partial charge in [0.25, 0.3) is 11.9 Å². The van der Waals surface area contributed by atoms with Gasteiger partial charge in [-0.15, -0.1) is 0 Å². The van der Waals surface area contributed by atoms with Crippen LogP contribution in [0, 0.1) is 0 Å². The lowest BCUT2D eigenvalue weighted by Gasteiger charge is -2.09. The van der Waals surface area contributed by atoms with E-state index >= 15 is 0 Å². The van der Waals surface area contributed by atoms with Crippen LogP contribution < -0.4 is 14.8 Å². The van der Waals surface area contributed by atoms with Crippen molar-refractivity contribution in [2.75, 3.05) is 13.3 Å². The second-order valence-corrected chi connectivity index (χ2v) is 6.80. The second kappa shape index (κ2) is 6.63.